The summed E-state index contributed by atoms with van der Waals surface area (Å²) in [5.74, 6) is 0. The van der Waals surface area contributed by atoms with E-state index in [4.69, 9.17) is 24.4 Å². The van der Waals surface area contributed by atoms with Crippen LogP contribution in [-0.4, -0.2) is 28.7 Å². The molecule has 1 rings (SSSR count). The number of nitrogens with one attached hydrogen (secondary N) is 1. The van der Waals surface area contributed by atoms with Crippen LogP contribution in [0.2, 0.25) is 0 Å². The van der Waals surface area contributed by atoms with E-state index in [2.05, 4.69) is 22.7 Å². The molecule has 17 heavy (non-hydrogen) atoms. The highest BCUT2D eigenvalue weighted by Gasteiger charge is 2.03. The summed E-state index contributed by atoms with van der Waals surface area (Å²) in [5.41, 5.74) is 8.66. The first kappa shape index (κ1) is 15.9. The molecule has 0 spiro atoms. The molecule has 3 N–H and O–H groups in total. The van der Waals surface area contributed by atoms with E-state index < -0.39 is 10.2 Å². The molecule has 0 aromatic carbocycles. The van der Waals surface area contributed by atoms with Gasteiger partial charge in [0.15, 0.2) is 17.5 Å². The number of nitrogens with two attached hydrogens (primary N) is 1. The molecule has 1 aliphatic rings. The van der Waals surface area contributed by atoms with Gasteiger partial charge < -0.3 is 5.73 Å². The van der Waals surface area contributed by atoms with E-state index >= 15 is 0 Å². The molecule has 0 atom stereocenters. The Balaban J connectivity index is 0.000000437. The minimum Gasteiger partial charge on any atom is -0.375 e. The maximum Gasteiger partial charge on any atom is 0.184 e. The van der Waals surface area contributed by atoms with Crippen molar-refractivity contribution >= 4 is 29.3 Å². The SMILES string of the molecule is C[N+]1=CCC(=NNC(N)=S)C=C1.[O-][Cl+3]([O-])([O-])[O-]. The number of hydrazone groups is 1. The Morgan fingerprint density at radius 1 is 1.53 bits per heavy atom. The molecular formula is C7H11ClN4O4S. The summed E-state index contributed by atoms with van der Waals surface area (Å²) in [6.07, 6.45) is 6.64. The fraction of sp³-hybridized carbons (Fsp3) is 0.286. The maximum absolute atomic E-state index is 8.49. The molecule has 8 nitrogen and oxygen atoms in total. The zero-order chi connectivity index (χ0) is 13.5. The van der Waals surface area contributed by atoms with E-state index in [1.54, 1.807) is 0 Å². The molecule has 1 aliphatic heterocycles. The Morgan fingerprint density at radius 2 is 2.06 bits per heavy atom. The van der Waals surface area contributed by atoms with Crippen LogP contribution < -0.4 is 29.8 Å². The van der Waals surface area contributed by atoms with Crippen molar-refractivity contribution in [1.29, 1.82) is 0 Å². The molecule has 0 radical (unpaired) electrons. The van der Waals surface area contributed by atoms with Crippen molar-refractivity contribution < 1.29 is 33.5 Å². The molecule has 0 amide bonds. The lowest BCUT2D eigenvalue weighted by atomic mass is 10.2. The molecule has 0 aliphatic carbocycles. The number of allylic oxidation sites excluding steroid dienone is 1. The predicted octanol–water partition coefficient (Wildman–Crippen LogP) is -4.95. The van der Waals surface area contributed by atoms with Crippen LogP contribution in [0, 0.1) is 10.2 Å². The Kier molecular flexibility index (Phi) is 6.80. The Hall–Kier alpha value is -1.10. The lowest BCUT2D eigenvalue weighted by Crippen LogP contribution is -2.68. The molecule has 10 heteroatoms. The third-order valence-electron chi connectivity index (χ3n) is 1.40. The van der Waals surface area contributed by atoms with Gasteiger partial charge in [-0.1, -0.05) is 0 Å². The van der Waals surface area contributed by atoms with Crippen LogP contribution in [0.25, 0.3) is 0 Å². The van der Waals surface area contributed by atoms with Gasteiger partial charge in [-0.15, -0.1) is 10.2 Å². The second kappa shape index (κ2) is 7.27. The third kappa shape index (κ3) is 12.8. The van der Waals surface area contributed by atoms with Crippen LogP contribution >= 0.6 is 12.2 Å². The summed E-state index contributed by atoms with van der Waals surface area (Å²) in [6.45, 7) is 0. The zero-order valence-electron chi connectivity index (χ0n) is 8.83. The summed E-state index contributed by atoms with van der Waals surface area (Å²) >= 11 is 4.60. The van der Waals surface area contributed by atoms with Crippen LogP contribution in [0.15, 0.2) is 17.4 Å². The van der Waals surface area contributed by atoms with Gasteiger partial charge >= 0.3 is 0 Å². The summed E-state index contributed by atoms with van der Waals surface area (Å²) in [5, 5.41) is 4.16. The Labute approximate surface area is 105 Å². The molecule has 0 saturated heterocycles. The summed E-state index contributed by atoms with van der Waals surface area (Å²) in [4.78, 5) is 0. The molecule has 0 aromatic heterocycles. The van der Waals surface area contributed by atoms with Gasteiger partial charge in [0, 0.05) is 6.08 Å². The van der Waals surface area contributed by atoms with Gasteiger partial charge in [0.1, 0.15) is 7.05 Å². The minimum atomic E-state index is -4.94. The van der Waals surface area contributed by atoms with Crippen LogP contribution in [0.1, 0.15) is 6.42 Å². The van der Waals surface area contributed by atoms with E-state index in [1.165, 1.54) is 0 Å². The largest absolute Gasteiger partial charge is 0.375 e. The zero-order valence-corrected chi connectivity index (χ0v) is 10.4. The van der Waals surface area contributed by atoms with Crippen molar-refractivity contribution in [3.05, 3.63) is 12.3 Å². The van der Waals surface area contributed by atoms with Gasteiger partial charge in [-0.3, -0.25) is 5.43 Å². The summed E-state index contributed by atoms with van der Waals surface area (Å²) < 4.78 is 35.9. The predicted molar refractivity (Wildman–Crippen MR) is 53.4 cm³/mol. The third-order valence-corrected chi connectivity index (χ3v) is 1.49. The van der Waals surface area contributed by atoms with Crippen LogP contribution in [0.5, 0.6) is 0 Å². The normalized spacial score (nSPS) is 17.0. The van der Waals surface area contributed by atoms with Gasteiger partial charge in [0.05, 0.1) is 12.1 Å². The highest BCUT2D eigenvalue weighted by molar-refractivity contribution is 7.80. The van der Waals surface area contributed by atoms with Gasteiger partial charge in [-0.25, -0.2) is 23.2 Å². The second-order valence-corrected chi connectivity index (χ2v) is 4.02. The van der Waals surface area contributed by atoms with Crippen molar-refractivity contribution in [2.24, 2.45) is 10.8 Å². The fourth-order valence-electron chi connectivity index (χ4n) is 0.780. The van der Waals surface area contributed by atoms with Gasteiger partial charge in [-0.2, -0.15) is 5.10 Å². The molecule has 0 saturated carbocycles. The van der Waals surface area contributed by atoms with Gasteiger partial charge in [0.2, 0.25) is 0 Å². The van der Waals surface area contributed by atoms with Crippen LogP contribution in [0.4, 0.5) is 0 Å². The molecule has 0 bridgehead atoms. The number of rotatable bonds is 1. The van der Waals surface area contributed by atoms with Gasteiger partial charge in [-0.05, 0) is 12.2 Å². The molecule has 96 valence electrons. The van der Waals surface area contributed by atoms with Crippen molar-refractivity contribution in [3.8, 4) is 0 Å². The average Bonchev–Trinajstić information content (AvgIpc) is 2.14. The van der Waals surface area contributed by atoms with E-state index in [0.717, 1.165) is 12.1 Å². The van der Waals surface area contributed by atoms with Crippen LogP contribution in [0.3, 0.4) is 0 Å². The monoisotopic (exact) mass is 282 g/mol. The van der Waals surface area contributed by atoms with E-state index in [1.807, 2.05) is 30.1 Å². The Morgan fingerprint density at radius 3 is 2.41 bits per heavy atom. The minimum absolute atomic E-state index is 0.190. The van der Waals surface area contributed by atoms with E-state index in [-0.39, 0.29) is 5.11 Å². The number of nitrogens with zero attached hydrogens (tertiary/aromatic N) is 2. The highest BCUT2D eigenvalue weighted by atomic mass is 35.7. The topological polar surface area (TPSA) is 146 Å². The van der Waals surface area contributed by atoms with Crippen LogP contribution in [-0.2, 0) is 0 Å². The first-order valence-electron chi connectivity index (χ1n) is 4.15. The number of thiocarbonyl (C=S) groups is 1. The standard InChI is InChI=1S/C7H10N4S.ClHO4/c1-11-4-2-6(3-5-11)9-10-7(8)12;2-1(3,4)5/h2,4-5H,3H2,1H3,(H2-,8,10,12);(H,2,3,4,5). The highest BCUT2D eigenvalue weighted by Crippen LogP contribution is 1.92. The maximum atomic E-state index is 8.49. The fourth-order valence-corrected chi connectivity index (χ4v) is 0.825. The number of halogens is 1. The number of hydrogen-bond donors (Lipinski definition) is 2. The van der Waals surface area contributed by atoms with E-state index in [0.29, 0.717) is 0 Å². The molecule has 0 aromatic rings. The van der Waals surface area contributed by atoms with Crippen molar-refractivity contribution in [2.45, 2.75) is 6.42 Å². The van der Waals surface area contributed by atoms with E-state index in [9.17, 15) is 0 Å². The second-order valence-electron chi connectivity index (χ2n) is 2.83. The molecular weight excluding hydrogens is 272 g/mol. The quantitative estimate of drug-likeness (QED) is 0.278. The first-order chi connectivity index (χ1) is 7.68. The average molecular weight is 283 g/mol. The van der Waals surface area contributed by atoms with Crippen molar-refractivity contribution in [1.82, 2.24) is 5.43 Å². The number of hydrogen-bond acceptors (Lipinski definition) is 6. The first-order valence-corrected chi connectivity index (χ1v) is 5.80. The summed E-state index contributed by atoms with van der Waals surface area (Å²) in [7, 11) is -2.98. The lowest BCUT2D eigenvalue weighted by molar-refractivity contribution is -2.00. The molecule has 0 fully saturated rings. The van der Waals surface area contributed by atoms with Crippen molar-refractivity contribution in [3.63, 3.8) is 0 Å². The van der Waals surface area contributed by atoms with Gasteiger partial charge in [0.25, 0.3) is 0 Å². The van der Waals surface area contributed by atoms with Crippen molar-refractivity contribution in [2.75, 3.05) is 7.05 Å². The smallest absolute Gasteiger partial charge is 0.184 e. The molecule has 1 heterocycles. The molecule has 0 unspecified atom stereocenters. The Bertz CT molecular complexity index is 357. The summed E-state index contributed by atoms with van der Waals surface area (Å²) in [6, 6.07) is 0. The lowest BCUT2D eigenvalue weighted by Gasteiger charge is -2.17.